The molecule has 0 saturated carbocycles. The lowest BCUT2D eigenvalue weighted by Crippen LogP contribution is -2.32. The minimum absolute atomic E-state index is 0.124. The Hall–Kier alpha value is -3.26. The minimum atomic E-state index is -0.439. The molecule has 1 N–H and O–H groups in total. The van der Waals surface area contributed by atoms with Crippen LogP contribution in [-0.2, 0) is 12.0 Å². The zero-order chi connectivity index (χ0) is 22.6. The molecule has 0 fully saturated rings. The second kappa shape index (κ2) is 9.26. The summed E-state index contributed by atoms with van der Waals surface area (Å²) in [7, 11) is 1.59. The molecule has 0 atom stereocenters. The first-order valence-corrected chi connectivity index (χ1v) is 10.2. The molecule has 1 heterocycles. The summed E-state index contributed by atoms with van der Waals surface area (Å²) < 4.78 is 12.6. The molecule has 3 rings (SSSR count). The zero-order valence-corrected chi connectivity index (χ0v) is 19.1. The van der Waals surface area contributed by atoms with E-state index in [2.05, 4.69) is 15.3 Å². The summed E-state index contributed by atoms with van der Waals surface area (Å²) in [5, 5.41) is 11.1. The lowest BCUT2D eigenvalue weighted by molar-refractivity contribution is 0.284. The quantitative estimate of drug-likeness (QED) is 0.456. The number of nitrogens with one attached hydrogen (secondary N) is 1. The molecule has 0 amide bonds. The third-order valence-electron chi connectivity index (χ3n) is 4.59. The van der Waals surface area contributed by atoms with Crippen molar-refractivity contribution in [1.82, 2.24) is 14.9 Å². The lowest BCUT2D eigenvalue weighted by Gasteiger charge is -2.16. The van der Waals surface area contributed by atoms with Gasteiger partial charge in [-0.05, 0) is 48.5 Å². The normalized spacial score (nSPS) is 11.6. The first-order valence-electron chi connectivity index (χ1n) is 9.82. The Morgan fingerprint density at radius 3 is 2.52 bits per heavy atom. The van der Waals surface area contributed by atoms with Crippen molar-refractivity contribution in [3.63, 3.8) is 0 Å². The number of methoxy groups -OCH3 is 1. The molecule has 162 valence electrons. The largest absolute Gasteiger partial charge is 0.493 e. The number of hydrogen-bond donors (Lipinski definition) is 1. The van der Waals surface area contributed by atoms with Crippen LogP contribution in [0.4, 0.5) is 0 Å². The predicted molar refractivity (Wildman–Crippen MR) is 124 cm³/mol. The van der Waals surface area contributed by atoms with Crippen molar-refractivity contribution in [3.05, 3.63) is 80.0 Å². The molecule has 31 heavy (non-hydrogen) atoms. The number of nitrogens with zero attached hydrogens (tertiary/aromatic N) is 3. The fourth-order valence-electron chi connectivity index (χ4n) is 2.84. The third-order valence-corrected chi connectivity index (χ3v) is 4.85. The summed E-state index contributed by atoms with van der Waals surface area (Å²) in [5.41, 5.74) is 2.54. The van der Waals surface area contributed by atoms with E-state index < -0.39 is 5.41 Å². The Labute approximate surface area is 186 Å². The second-order valence-electron chi connectivity index (χ2n) is 8.17. The molecule has 0 aliphatic rings. The van der Waals surface area contributed by atoms with Crippen LogP contribution in [0.15, 0.2) is 52.4 Å². The molecule has 0 spiro atoms. The van der Waals surface area contributed by atoms with E-state index in [9.17, 15) is 4.79 Å². The Morgan fingerprint density at radius 2 is 1.87 bits per heavy atom. The van der Waals surface area contributed by atoms with E-state index in [1.165, 1.54) is 5.56 Å². The van der Waals surface area contributed by atoms with Gasteiger partial charge in [-0.3, -0.25) is 9.89 Å². The van der Waals surface area contributed by atoms with E-state index in [-0.39, 0.29) is 10.3 Å². The number of H-pyrrole nitrogens is 1. The SMILES string of the molecule is COc1ccc(/C=N\n2c(=S)[nH]nc(C(C)(C)C)c2=O)cc1OCc1ccc(C)cc1. The van der Waals surface area contributed by atoms with Gasteiger partial charge in [-0.15, -0.1) is 0 Å². The highest BCUT2D eigenvalue weighted by atomic mass is 32.1. The Kier molecular flexibility index (Phi) is 6.70. The monoisotopic (exact) mass is 438 g/mol. The van der Waals surface area contributed by atoms with Gasteiger partial charge in [0.25, 0.3) is 5.56 Å². The summed E-state index contributed by atoms with van der Waals surface area (Å²) in [5.74, 6) is 1.19. The number of hydrogen-bond acceptors (Lipinski definition) is 6. The van der Waals surface area contributed by atoms with E-state index in [1.807, 2.05) is 58.0 Å². The van der Waals surface area contributed by atoms with Gasteiger partial charge in [-0.2, -0.15) is 14.9 Å². The summed E-state index contributed by atoms with van der Waals surface area (Å²) in [6.45, 7) is 8.16. The van der Waals surface area contributed by atoms with Crippen LogP contribution < -0.4 is 15.0 Å². The van der Waals surface area contributed by atoms with Crippen molar-refractivity contribution in [2.75, 3.05) is 7.11 Å². The molecule has 7 nitrogen and oxygen atoms in total. The van der Waals surface area contributed by atoms with Crippen molar-refractivity contribution >= 4 is 18.4 Å². The van der Waals surface area contributed by atoms with Crippen LogP contribution in [0.1, 0.15) is 43.2 Å². The van der Waals surface area contributed by atoms with Gasteiger partial charge in [0.05, 0.1) is 13.3 Å². The molecule has 0 bridgehead atoms. The van der Waals surface area contributed by atoms with Crippen LogP contribution in [0, 0.1) is 11.7 Å². The zero-order valence-electron chi connectivity index (χ0n) is 18.3. The summed E-state index contributed by atoms with van der Waals surface area (Å²) in [6, 6.07) is 13.6. The fraction of sp³-hybridized carbons (Fsp3) is 0.304. The molecule has 0 aliphatic carbocycles. The third kappa shape index (κ3) is 5.46. The van der Waals surface area contributed by atoms with E-state index in [0.29, 0.717) is 23.8 Å². The molecule has 0 aliphatic heterocycles. The van der Waals surface area contributed by atoms with Gasteiger partial charge >= 0.3 is 0 Å². The number of rotatable bonds is 6. The van der Waals surface area contributed by atoms with Crippen molar-refractivity contribution in [2.45, 2.75) is 39.7 Å². The number of benzene rings is 2. The summed E-state index contributed by atoms with van der Waals surface area (Å²) in [6.07, 6.45) is 1.55. The topological polar surface area (TPSA) is 81.5 Å². The molecule has 0 radical (unpaired) electrons. The maximum Gasteiger partial charge on any atom is 0.297 e. The average molecular weight is 439 g/mol. The smallest absolute Gasteiger partial charge is 0.297 e. The minimum Gasteiger partial charge on any atom is -0.493 e. The van der Waals surface area contributed by atoms with Gasteiger partial charge in [0.15, 0.2) is 11.5 Å². The molecular weight excluding hydrogens is 412 g/mol. The van der Waals surface area contributed by atoms with Gasteiger partial charge in [-0.25, -0.2) is 0 Å². The molecular formula is C23H26N4O3S. The second-order valence-corrected chi connectivity index (χ2v) is 8.56. The van der Waals surface area contributed by atoms with Gasteiger partial charge in [-0.1, -0.05) is 50.6 Å². The van der Waals surface area contributed by atoms with Crippen LogP contribution in [0.25, 0.3) is 0 Å². The fourth-order valence-corrected chi connectivity index (χ4v) is 3.02. The highest BCUT2D eigenvalue weighted by Crippen LogP contribution is 2.28. The van der Waals surface area contributed by atoms with Crippen molar-refractivity contribution in [3.8, 4) is 11.5 Å². The summed E-state index contributed by atoms with van der Waals surface area (Å²) >= 11 is 5.19. The summed E-state index contributed by atoms with van der Waals surface area (Å²) in [4.78, 5) is 12.8. The number of aromatic amines is 1. The maximum absolute atomic E-state index is 12.8. The lowest BCUT2D eigenvalue weighted by atomic mass is 9.93. The Morgan fingerprint density at radius 1 is 1.16 bits per heavy atom. The van der Waals surface area contributed by atoms with Crippen molar-refractivity contribution in [1.29, 1.82) is 0 Å². The van der Waals surface area contributed by atoms with Gasteiger partial charge < -0.3 is 9.47 Å². The first-order chi connectivity index (χ1) is 14.7. The first kappa shape index (κ1) is 22.4. The van der Waals surface area contributed by atoms with Gasteiger partial charge in [0.2, 0.25) is 4.77 Å². The van der Waals surface area contributed by atoms with E-state index in [1.54, 1.807) is 25.5 Å². The van der Waals surface area contributed by atoms with Gasteiger partial charge in [0.1, 0.15) is 12.3 Å². The highest BCUT2D eigenvalue weighted by molar-refractivity contribution is 7.71. The molecule has 8 heteroatoms. The number of aryl methyl sites for hydroxylation is 1. The Balaban J connectivity index is 1.88. The number of aromatic nitrogens is 3. The predicted octanol–water partition coefficient (Wildman–Crippen LogP) is 4.38. The highest BCUT2D eigenvalue weighted by Gasteiger charge is 2.21. The van der Waals surface area contributed by atoms with Crippen LogP contribution in [-0.4, -0.2) is 28.2 Å². The van der Waals surface area contributed by atoms with Crippen LogP contribution in [0.5, 0.6) is 11.5 Å². The number of ether oxygens (including phenoxy) is 2. The van der Waals surface area contributed by atoms with Gasteiger partial charge in [0, 0.05) is 5.41 Å². The van der Waals surface area contributed by atoms with Crippen LogP contribution in [0.2, 0.25) is 0 Å². The molecule has 0 saturated heterocycles. The Bertz CT molecular complexity index is 1210. The molecule has 3 aromatic rings. The van der Waals surface area contributed by atoms with E-state index in [4.69, 9.17) is 21.7 Å². The molecule has 2 aromatic carbocycles. The van der Waals surface area contributed by atoms with E-state index >= 15 is 0 Å². The van der Waals surface area contributed by atoms with E-state index in [0.717, 1.165) is 15.8 Å². The average Bonchev–Trinajstić information content (AvgIpc) is 2.72. The maximum atomic E-state index is 12.8. The van der Waals surface area contributed by atoms with Crippen LogP contribution >= 0.6 is 12.2 Å². The molecule has 1 aromatic heterocycles. The molecule has 0 unspecified atom stereocenters. The van der Waals surface area contributed by atoms with Crippen molar-refractivity contribution in [2.24, 2.45) is 5.10 Å². The van der Waals surface area contributed by atoms with Crippen LogP contribution in [0.3, 0.4) is 0 Å². The standard InChI is InChI=1S/C23H26N4O3S/c1-15-6-8-16(9-7-15)14-30-19-12-17(10-11-18(19)29-5)13-24-27-21(28)20(23(2,3)4)25-26-22(27)31/h6-13H,14H2,1-5H3,(H,26,31)/b24-13-. The van der Waals surface area contributed by atoms with Crippen molar-refractivity contribution < 1.29 is 9.47 Å².